The van der Waals surface area contributed by atoms with E-state index in [0.717, 1.165) is 4.48 Å². The Kier molecular flexibility index (Phi) is 27.7. The second-order valence-corrected chi connectivity index (χ2v) is 13.5. The first-order chi connectivity index (χ1) is 20.7. The van der Waals surface area contributed by atoms with Gasteiger partial charge < -0.3 is 0 Å². The van der Waals surface area contributed by atoms with Crippen LogP contribution in [0.5, 0.6) is 0 Å². The number of amidine groups is 1. The Balaban J connectivity index is 1.91. The number of aliphatic imine (C=N–C) groups is 1. The van der Waals surface area contributed by atoms with Crippen LogP contribution in [0.25, 0.3) is 0 Å². The van der Waals surface area contributed by atoms with Gasteiger partial charge in [-0.2, -0.15) is 0 Å². The fourth-order valence-electron chi connectivity index (χ4n) is 6.23. The highest BCUT2D eigenvalue weighted by atomic mass is 15.4. The zero-order valence-corrected chi connectivity index (χ0v) is 29.1. The minimum absolute atomic E-state index is 0.967. The molecule has 2 heteroatoms. The van der Waals surface area contributed by atoms with E-state index in [9.17, 15) is 0 Å². The summed E-state index contributed by atoms with van der Waals surface area (Å²) in [6.45, 7) is 5.81. The molecule has 42 heavy (non-hydrogen) atoms. The van der Waals surface area contributed by atoms with Crippen LogP contribution in [0, 0.1) is 0 Å². The maximum Gasteiger partial charge on any atom is 0.207 e. The number of nitrogens with zero attached hydrogens (tertiary/aromatic N) is 2. The van der Waals surface area contributed by atoms with Gasteiger partial charge in [-0.1, -0.05) is 147 Å². The third kappa shape index (κ3) is 23.3. The predicted molar refractivity (Wildman–Crippen MR) is 191 cm³/mol. The molecular weight excluding hydrogens is 508 g/mol. The van der Waals surface area contributed by atoms with E-state index in [-0.39, 0.29) is 0 Å². The van der Waals surface area contributed by atoms with Gasteiger partial charge in [0.15, 0.2) is 0 Å². The van der Waals surface area contributed by atoms with Gasteiger partial charge in [-0.15, -0.1) is 0 Å². The van der Waals surface area contributed by atoms with Crippen LogP contribution in [-0.2, 0) is 0 Å². The molecule has 1 atom stereocenters. The Morgan fingerprint density at radius 1 is 0.476 bits per heavy atom. The second kappa shape index (κ2) is 29.9. The van der Waals surface area contributed by atoms with Crippen molar-refractivity contribution in [1.29, 1.82) is 0 Å². The Labute approximate surface area is 265 Å². The van der Waals surface area contributed by atoms with Crippen molar-refractivity contribution in [3.63, 3.8) is 0 Å². The fourth-order valence-corrected chi connectivity index (χ4v) is 6.23. The van der Waals surface area contributed by atoms with Crippen LogP contribution in [0.4, 0.5) is 0 Å². The van der Waals surface area contributed by atoms with Gasteiger partial charge in [0.25, 0.3) is 0 Å². The smallest absolute Gasteiger partial charge is 0.207 e. The number of quaternary nitrogens is 1. The highest BCUT2D eigenvalue weighted by Gasteiger charge is 2.29. The minimum atomic E-state index is 0.967. The van der Waals surface area contributed by atoms with Gasteiger partial charge in [-0.25, -0.2) is 4.99 Å². The lowest BCUT2D eigenvalue weighted by Gasteiger charge is -2.27. The van der Waals surface area contributed by atoms with Crippen molar-refractivity contribution in [2.24, 2.45) is 4.99 Å². The van der Waals surface area contributed by atoms with E-state index in [1.807, 2.05) is 0 Å². The summed E-state index contributed by atoms with van der Waals surface area (Å²) in [5.41, 5.74) is 0. The lowest BCUT2D eigenvalue weighted by Crippen LogP contribution is -2.43. The molecule has 0 saturated heterocycles. The van der Waals surface area contributed by atoms with Crippen molar-refractivity contribution in [2.45, 2.75) is 200 Å². The Morgan fingerprint density at radius 3 is 1.26 bits per heavy atom. The summed E-state index contributed by atoms with van der Waals surface area (Å²) in [5, 5.41) is 0. The van der Waals surface area contributed by atoms with Crippen LogP contribution >= 0.6 is 0 Å². The van der Waals surface area contributed by atoms with E-state index < -0.39 is 0 Å². The molecule has 0 amide bonds. The summed E-state index contributed by atoms with van der Waals surface area (Å²) in [4.78, 5) is 4.78. The van der Waals surface area contributed by atoms with Crippen LogP contribution in [0.2, 0.25) is 0 Å². The summed E-state index contributed by atoms with van der Waals surface area (Å²) < 4.78 is 0.967. The quantitative estimate of drug-likeness (QED) is 0.0424. The Morgan fingerprint density at radius 2 is 0.833 bits per heavy atom. The number of unbranched alkanes of at least 4 members (excludes halogenated alkanes) is 24. The zero-order chi connectivity index (χ0) is 30.2. The standard InChI is InChI=1S/C40H75N2/c1-4-6-8-10-12-14-16-18-20-22-24-26-28-30-32-34-36-40-41-37-39-42(40,3)38-35-33-31-29-27-25-23-21-19-17-15-13-11-9-7-5-2/h18-21,37,39H,4-17,22-36,38H2,1-3H3/q+1/b20-18+,21-19+. The molecule has 244 valence electrons. The fraction of sp³-hybridized carbons (Fsp3) is 0.825. The summed E-state index contributed by atoms with van der Waals surface area (Å²) in [6, 6.07) is 0. The average Bonchev–Trinajstić information content (AvgIpc) is 3.36. The Bertz CT molecular complexity index is 688. The summed E-state index contributed by atoms with van der Waals surface area (Å²) in [5.74, 6) is 1.40. The molecule has 0 aliphatic carbocycles. The van der Waals surface area contributed by atoms with Crippen molar-refractivity contribution in [3.05, 3.63) is 36.7 Å². The van der Waals surface area contributed by atoms with Gasteiger partial charge in [-0.05, 0) is 70.6 Å². The zero-order valence-electron chi connectivity index (χ0n) is 29.1. The maximum absolute atomic E-state index is 4.78. The van der Waals surface area contributed by atoms with E-state index in [4.69, 9.17) is 4.99 Å². The van der Waals surface area contributed by atoms with E-state index in [2.05, 4.69) is 57.6 Å². The van der Waals surface area contributed by atoms with Crippen molar-refractivity contribution in [3.8, 4) is 0 Å². The summed E-state index contributed by atoms with van der Waals surface area (Å²) in [6.07, 6.45) is 53.8. The van der Waals surface area contributed by atoms with E-state index in [1.165, 1.54) is 199 Å². The number of rotatable bonds is 32. The molecule has 1 unspecified atom stereocenters. The molecule has 0 N–H and O–H groups in total. The predicted octanol–water partition coefficient (Wildman–Crippen LogP) is 13.8. The summed E-state index contributed by atoms with van der Waals surface area (Å²) >= 11 is 0. The first kappa shape index (κ1) is 38.9. The monoisotopic (exact) mass is 584 g/mol. The molecule has 1 heterocycles. The van der Waals surface area contributed by atoms with E-state index in [0.29, 0.717) is 0 Å². The number of allylic oxidation sites excluding steroid dienone is 4. The van der Waals surface area contributed by atoms with Crippen molar-refractivity contribution in [2.75, 3.05) is 13.6 Å². The van der Waals surface area contributed by atoms with Gasteiger partial charge in [0, 0.05) is 6.42 Å². The molecule has 0 saturated carbocycles. The molecule has 0 radical (unpaired) electrons. The van der Waals surface area contributed by atoms with Crippen LogP contribution < -0.4 is 0 Å². The molecule has 1 rings (SSSR count). The lowest BCUT2D eigenvalue weighted by atomic mass is 10.1. The van der Waals surface area contributed by atoms with Gasteiger partial charge in [0.2, 0.25) is 5.84 Å². The van der Waals surface area contributed by atoms with E-state index >= 15 is 0 Å². The van der Waals surface area contributed by atoms with Crippen LogP contribution in [-0.4, -0.2) is 23.9 Å². The van der Waals surface area contributed by atoms with Crippen LogP contribution in [0.15, 0.2) is 41.7 Å². The van der Waals surface area contributed by atoms with E-state index in [1.54, 1.807) is 0 Å². The maximum atomic E-state index is 4.78. The second-order valence-electron chi connectivity index (χ2n) is 13.5. The minimum Gasteiger partial charge on any atom is -0.253 e. The molecule has 1 aliphatic heterocycles. The molecule has 1 aliphatic rings. The van der Waals surface area contributed by atoms with Gasteiger partial charge in [0.05, 0.1) is 19.8 Å². The molecule has 2 nitrogen and oxygen atoms in total. The third-order valence-electron chi connectivity index (χ3n) is 9.26. The molecule has 0 bridgehead atoms. The lowest BCUT2D eigenvalue weighted by molar-refractivity contribution is -0.765. The van der Waals surface area contributed by atoms with Crippen molar-refractivity contribution in [1.82, 2.24) is 0 Å². The average molecular weight is 584 g/mol. The molecule has 0 aromatic rings. The van der Waals surface area contributed by atoms with Gasteiger partial charge >= 0.3 is 0 Å². The normalized spacial score (nSPS) is 16.9. The highest BCUT2D eigenvalue weighted by molar-refractivity contribution is 5.78. The van der Waals surface area contributed by atoms with Gasteiger partial charge in [0.1, 0.15) is 6.20 Å². The van der Waals surface area contributed by atoms with Crippen molar-refractivity contribution < 1.29 is 4.48 Å². The number of hydrogen-bond acceptors (Lipinski definition) is 1. The van der Waals surface area contributed by atoms with Gasteiger partial charge in [-0.3, -0.25) is 4.48 Å². The first-order valence-electron chi connectivity index (χ1n) is 19.1. The SMILES string of the molecule is CCCCCCCC/C=C/CCCCCCCCC1=NC=C[N+]1(C)CCCCCCCC/C=C/CCCCCCCC. The first-order valence-corrected chi connectivity index (χ1v) is 19.1. The summed E-state index contributed by atoms with van der Waals surface area (Å²) in [7, 11) is 2.37. The highest BCUT2D eigenvalue weighted by Crippen LogP contribution is 2.21. The molecule has 0 spiro atoms. The van der Waals surface area contributed by atoms with Crippen LogP contribution in [0.3, 0.4) is 0 Å². The largest absolute Gasteiger partial charge is 0.253 e. The van der Waals surface area contributed by atoms with Crippen molar-refractivity contribution >= 4 is 5.84 Å². The number of hydrogen-bond donors (Lipinski definition) is 0. The molecular formula is C40H75N2+. The topological polar surface area (TPSA) is 12.4 Å². The van der Waals surface area contributed by atoms with Crippen LogP contribution in [0.1, 0.15) is 200 Å². The molecule has 0 aromatic heterocycles. The Hall–Kier alpha value is -1.15. The molecule has 0 aromatic carbocycles. The molecule has 0 fully saturated rings. The third-order valence-corrected chi connectivity index (χ3v) is 9.26.